The highest BCUT2D eigenvalue weighted by atomic mass is 79.9. The molecule has 1 aromatic carbocycles. The third-order valence-electron chi connectivity index (χ3n) is 2.50. The molecule has 0 spiro atoms. The van der Waals surface area contributed by atoms with Crippen molar-refractivity contribution in [1.29, 1.82) is 0 Å². The molecule has 0 heterocycles. The van der Waals surface area contributed by atoms with E-state index in [1.54, 1.807) is 18.2 Å². The number of benzene rings is 1. The lowest BCUT2D eigenvalue weighted by molar-refractivity contribution is -0.123. The van der Waals surface area contributed by atoms with Gasteiger partial charge >= 0.3 is 0 Å². The van der Waals surface area contributed by atoms with Crippen LogP contribution in [0.2, 0.25) is 0 Å². The number of hydrogen-bond acceptors (Lipinski definition) is 3. The normalized spacial score (nSPS) is 14.5. The number of amides is 1. The average Bonchev–Trinajstić information content (AvgIpc) is 3.12. The van der Waals surface area contributed by atoms with Gasteiger partial charge in [-0.2, -0.15) is 0 Å². The number of aliphatic hydroxyl groups is 1. The maximum Gasteiger partial charge on any atom is 0.258 e. The summed E-state index contributed by atoms with van der Waals surface area (Å²) in [4.78, 5) is 11.4. The summed E-state index contributed by atoms with van der Waals surface area (Å²) >= 11 is 3.32. The molecule has 1 amide bonds. The number of ether oxygens (including phenoxy) is 1. The Morgan fingerprint density at radius 3 is 2.94 bits per heavy atom. The van der Waals surface area contributed by atoms with Crippen LogP contribution in [0.4, 0.5) is 0 Å². The van der Waals surface area contributed by atoms with E-state index in [0.717, 1.165) is 22.9 Å². The summed E-state index contributed by atoms with van der Waals surface area (Å²) in [7, 11) is 0. The van der Waals surface area contributed by atoms with E-state index >= 15 is 0 Å². The minimum Gasteiger partial charge on any atom is -0.484 e. The molecule has 0 bridgehead atoms. The quantitative estimate of drug-likeness (QED) is 0.868. The van der Waals surface area contributed by atoms with Gasteiger partial charge in [-0.1, -0.05) is 15.9 Å². The van der Waals surface area contributed by atoms with E-state index in [2.05, 4.69) is 21.2 Å². The van der Waals surface area contributed by atoms with Gasteiger partial charge in [0.2, 0.25) is 0 Å². The Hall–Kier alpha value is -1.07. The summed E-state index contributed by atoms with van der Waals surface area (Å²) in [6, 6.07) is 5.62. The van der Waals surface area contributed by atoms with Crippen LogP contribution in [0.1, 0.15) is 18.4 Å². The fourth-order valence-corrected chi connectivity index (χ4v) is 1.78. The number of carbonyl (C=O) groups is 1. The van der Waals surface area contributed by atoms with Crippen LogP contribution >= 0.6 is 15.9 Å². The minimum absolute atomic E-state index is 0.0169. The van der Waals surface area contributed by atoms with Gasteiger partial charge in [-0.3, -0.25) is 4.79 Å². The third-order valence-corrected chi connectivity index (χ3v) is 3.27. The van der Waals surface area contributed by atoms with Crippen LogP contribution < -0.4 is 10.1 Å². The molecular formula is C12H14BrNO3. The van der Waals surface area contributed by atoms with Gasteiger partial charge < -0.3 is 15.2 Å². The first-order valence-corrected chi connectivity index (χ1v) is 6.30. The fourth-order valence-electron chi connectivity index (χ4n) is 1.41. The Morgan fingerprint density at radius 2 is 2.29 bits per heavy atom. The van der Waals surface area contributed by atoms with Gasteiger partial charge in [-0.25, -0.2) is 0 Å². The zero-order valence-electron chi connectivity index (χ0n) is 9.28. The van der Waals surface area contributed by atoms with Crippen molar-refractivity contribution in [2.24, 2.45) is 0 Å². The Labute approximate surface area is 108 Å². The van der Waals surface area contributed by atoms with Crippen molar-refractivity contribution in [3.05, 3.63) is 28.2 Å². The van der Waals surface area contributed by atoms with Gasteiger partial charge in [0.1, 0.15) is 5.75 Å². The second-order valence-corrected chi connectivity index (χ2v) is 4.90. The molecule has 1 aliphatic carbocycles. The summed E-state index contributed by atoms with van der Waals surface area (Å²) in [5, 5.41) is 11.9. The highest BCUT2D eigenvalue weighted by Gasteiger charge is 2.23. The lowest BCUT2D eigenvalue weighted by Crippen LogP contribution is -2.30. The molecule has 5 heteroatoms. The SMILES string of the molecule is O=C(COc1ccc(Br)c(CO)c1)NC1CC1. The van der Waals surface area contributed by atoms with E-state index in [4.69, 9.17) is 9.84 Å². The molecule has 1 fully saturated rings. The second-order valence-electron chi connectivity index (χ2n) is 4.04. The Balaban J connectivity index is 1.87. The smallest absolute Gasteiger partial charge is 0.258 e. The van der Waals surface area contributed by atoms with Crippen molar-refractivity contribution in [3.63, 3.8) is 0 Å². The van der Waals surface area contributed by atoms with Crippen LogP contribution in [0.5, 0.6) is 5.75 Å². The van der Waals surface area contributed by atoms with Crippen molar-refractivity contribution in [2.75, 3.05) is 6.61 Å². The Bertz CT molecular complexity index is 418. The molecule has 0 saturated heterocycles. The van der Waals surface area contributed by atoms with E-state index in [9.17, 15) is 4.79 Å². The molecule has 0 radical (unpaired) electrons. The number of nitrogens with one attached hydrogen (secondary N) is 1. The molecule has 0 aromatic heterocycles. The van der Waals surface area contributed by atoms with Crippen molar-refractivity contribution in [2.45, 2.75) is 25.5 Å². The van der Waals surface area contributed by atoms with Crippen molar-refractivity contribution >= 4 is 21.8 Å². The minimum atomic E-state index is -0.0963. The molecule has 17 heavy (non-hydrogen) atoms. The number of carbonyl (C=O) groups excluding carboxylic acids is 1. The standard InChI is InChI=1S/C12H14BrNO3/c13-11-4-3-10(5-8(11)6-15)17-7-12(16)14-9-1-2-9/h3-5,9,15H,1-2,6-7H2,(H,14,16). The summed E-state index contributed by atoms with van der Waals surface area (Å²) < 4.78 is 6.18. The first-order chi connectivity index (χ1) is 8.19. The van der Waals surface area contributed by atoms with E-state index in [-0.39, 0.29) is 19.1 Å². The molecule has 0 aliphatic heterocycles. The van der Waals surface area contributed by atoms with Gasteiger partial charge in [-0.15, -0.1) is 0 Å². The predicted molar refractivity (Wildman–Crippen MR) is 66.7 cm³/mol. The second kappa shape index (κ2) is 5.51. The van der Waals surface area contributed by atoms with Crippen LogP contribution in [-0.4, -0.2) is 23.7 Å². The molecule has 2 rings (SSSR count). The molecular weight excluding hydrogens is 286 g/mol. The summed E-state index contributed by atoms with van der Waals surface area (Å²) in [5.74, 6) is 0.490. The van der Waals surface area contributed by atoms with Gasteiger partial charge in [0.25, 0.3) is 5.91 Å². The number of hydrogen-bond donors (Lipinski definition) is 2. The van der Waals surface area contributed by atoms with Crippen LogP contribution in [-0.2, 0) is 11.4 Å². The van der Waals surface area contributed by atoms with Crippen molar-refractivity contribution < 1.29 is 14.6 Å². The van der Waals surface area contributed by atoms with E-state index in [1.807, 2.05) is 0 Å². The monoisotopic (exact) mass is 299 g/mol. The largest absolute Gasteiger partial charge is 0.484 e. The molecule has 1 aromatic rings. The number of rotatable bonds is 5. The van der Waals surface area contributed by atoms with E-state index in [0.29, 0.717) is 11.8 Å². The highest BCUT2D eigenvalue weighted by Crippen LogP contribution is 2.22. The van der Waals surface area contributed by atoms with E-state index in [1.165, 1.54) is 0 Å². The summed E-state index contributed by atoms with van der Waals surface area (Å²) in [6.07, 6.45) is 2.14. The van der Waals surface area contributed by atoms with Crippen molar-refractivity contribution in [1.82, 2.24) is 5.32 Å². The number of aliphatic hydroxyl groups excluding tert-OH is 1. The zero-order valence-corrected chi connectivity index (χ0v) is 10.9. The summed E-state index contributed by atoms with van der Waals surface area (Å²) in [5.41, 5.74) is 0.741. The molecule has 4 nitrogen and oxygen atoms in total. The molecule has 1 saturated carbocycles. The van der Waals surface area contributed by atoms with Gasteiger partial charge in [0.05, 0.1) is 6.61 Å². The van der Waals surface area contributed by atoms with Crippen LogP contribution in [0.3, 0.4) is 0 Å². The van der Waals surface area contributed by atoms with Crippen LogP contribution in [0, 0.1) is 0 Å². The molecule has 0 unspecified atom stereocenters. The average molecular weight is 300 g/mol. The topological polar surface area (TPSA) is 58.6 Å². The molecule has 92 valence electrons. The maximum absolute atomic E-state index is 11.4. The molecule has 0 atom stereocenters. The van der Waals surface area contributed by atoms with Gasteiger partial charge in [-0.05, 0) is 36.6 Å². The lowest BCUT2D eigenvalue weighted by Gasteiger charge is -2.08. The van der Waals surface area contributed by atoms with Crippen LogP contribution in [0.15, 0.2) is 22.7 Å². The molecule has 1 aliphatic rings. The van der Waals surface area contributed by atoms with Gasteiger partial charge in [0.15, 0.2) is 6.61 Å². The van der Waals surface area contributed by atoms with E-state index < -0.39 is 0 Å². The Kier molecular flexibility index (Phi) is 4.02. The fraction of sp³-hybridized carbons (Fsp3) is 0.417. The van der Waals surface area contributed by atoms with Crippen molar-refractivity contribution in [3.8, 4) is 5.75 Å². The first-order valence-electron chi connectivity index (χ1n) is 5.50. The third kappa shape index (κ3) is 3.71. The Morgan fingerprint density at radius 1 is 1.53 bits per heavy atom. The highest BCUT2D eigenvalue weighted by molar-refractivity contribution is 9.10. The zero-order chi connectivity index (χ0) is 12.3. The molecule has 2 N–H and O–H groups in total. The van der Waals surface area contributed by atoms with Crippen LogP contribution in [0.25, 0.3) is 0 Å². The first kappa shape index (κ1) is 12.4. The lowest BCUT2D eigenvalue weighted by atomic mass is 10.2. The predicted octanol–water partition coefficient (Wildman–Crippen LogP) is 1.60. The maximum atomic E-state index is 11.4. The van der Waals surface area contributed by atoms with Gasteiger partial charge in [0, 0.05) is 10.5 Å². The summed E-state index contributed by atoms with van der Waals surface area (Å²) in [6.45, 7) is -0.0466. The number of halogens is 1.